The van der Waals surface area contributed by atoms with E-state index in [0.29, 0.717) is 16.1 Å². The Morgan fingerprint density at radius 2 is 2.11 bits per heavy atom. The van der Waals surface area contributed by atoms with Crippen molar-refractivity contribution < 1.29 is 13.5 Å². The van der Waals surface area contributed by atoms with Crippen LogP contribution in [0, 0.1) is 11.6 Å². The lowest BCUT2D eigenvalue weighted by Crippen LogP contribution is -2.00. The first-order chi connectivity index (χ1) is 8.97. The lowest BCUT2D eigenvalue weighted by atomic mass is 10.2. The van der Waals surface area contributed by atoms with Gasteiger partial charge in [0, 0.05) is 15.8 Å². The van der Waals surface area contributed by atoms with E-state index in [9.17, 15) is 8.78 Å². The third-order valence-electron chi connectivity index (χ3n) is 2.40. The van der Waals surface area contributed by atoms with Crippen LogP contribution in [0.4, 0.5) is 8.78 Å². The van der Waals surface area contributed by atoms with E-state index in [-0.39, 0.29) is 12.4 Å². The molecular formula is C13H12BrF2NOS. The van der Waals surface area contributed by atoms with Crippen molar-refractivity contribution in [2.45, 2.75) is 26.4 Å². The number of nitrogens with zero attached hydrogens (tertiary/aromatic N) is 1. The van der Waals surface area contributed by atoms with Crippen molar-refractivity contribution in [2.75, 3.05) is 0 Å². The van der Waals surface area contributed by atoms with Crippen LogP contribution in [-0.4, -0.2) is 4.98 Å². The molecule has 0 saturated heterocycles. The van der Waals surface area contributed by atoms with E-state index in [1.165, 1.54) is 17.4 Å². The fourth-order valence-electron chi connectivity index (χ4n) is 1.44. The summed E-state index contributed by atoms with van der Waals surface area (Å²) in [6.07, 6.45) is 0. The Morgan fingerprint density at radius 3 is 2.74 bits per heavy atom. The first-order valence-corrected chi connectivity index (χ1v) is 7.36. The standard InChI is InChI=1S/C13H12BrF2NOS/c1-7(2)13-17-9(6-19-13)5-18-11-4-8(14)3-10(15)12(11)16/h3-4,6-7H,5H2,1-2H3. The third-order valence-corrected chi connectivity index (χ3v) is 4.05. The van der Waals surface area contributed by atoms with Gasteiger partial charge in [0.05, 0.1) is 10.7 Å². The lowest BCUT2D eigenvalue weighted by molar-refractivity contribution is 0.280. The van der Waals surface area contributed by atoms with Gasteiger partial charge in [-0.25, -0.2) is 9.37 Å². The van der Waals surface area contributed by atoms with Crippen LogP contribution in [0.15, 0.2) is 22.0 Å². The van der Waals surface area contributed by atoms with E-state index in [1.54, 1.807) is 0 Å². The van der Waals surface area contributed by atoms with Gasteiger partial charge in [-0.05, 0) is 12.1 Å². The summed E-state index contributed by atoms with van der Waals surface area (Å²) in [4.78, 5) is 4.36. The predicted octanol–water partition coefficient (Wildman–Crippen LogP) is 4.89. The molecule has 0 N–H and O–H groups in total. The number of aromatic nitrogens is 1. The zero-order valence-electron chi connectivity index (χ0n) is 10.4. The average molecular weight is 348 g/mol. The monoisotopic (exact) mass is 347 g/mol. The molecule has 0 aliphatic heterocycles. The number of ether oxygens (including phenoxy) is 1. The van der Waals surface area contributed by atoms with E-state index in [1.807, 2.05) is 19.2 Å². The number of benzene rings is 1. The molecule has 1 aromatic carbocycles. The van der Waals surface area contributed by atoms with E-state index >= 15 is 0 Å². The molecule has 1 aromatic heterocycles. The van der Waals surface area contributed by atoms with Gasteiger partial charge in [0.2, 0.25) is 5.82 Å². The molecule has 102 valence electrons. The van der Waals surface area contributed by atoms with E-state index in [0.717, 1.165) is 11.1 Å². The van der Waals surface area contributed by atoms with Crippen LogP contribution in [0.3, 0.4) is 0 Å². The maximum atomic E-state index is 13.5. The Bertz CT molecular complexity index is 586. The summed E-state index contributed by atoms with van der Waals surface area (Å²) in [5, 5.41) is 2.86. The number of hydrogen-bond donors (Lipinski definition) is 0. The van der Waals surface area contributed by atoms with Crippen LogP contribution < -0.4 is 4.74 Å². The molecule has 0 bridgehead atoms. The molecule has 0 unspecified atom stereocenters. The number of halogens is 3. The molecule has 2 nitrogen and oxygen atoms in total. The highest BCUT2D eigenvalue weighted by Crippen LogP contribution is 2.26. The molecule has 0 radical (unpaired) electrons. The predicted molar refractivity (Wildman–Crippen MR) is 74.6 cm³/mol. The van der Waals surface area contributed by atoms with Crippen LogP contribution in [0.1, 0.15) is 30.5 Å². The Hall–Kier alpha value is -1.01. The van der Waals surface area contributed by atoms with Crippen molar-refractivity contribution in [2.24, 2.45) is 0 Å². The Morgan fingerprint density at radius 1 is 1.37 bits per heavy atom. The summed E-state index contributed by atoms with van der Waals surface area (Å²) in [7, 11) is 0. The molecule has 0 saturated carbocycles. The van der Waals surface area contributed by atoms with Gasteiger partial charge in [0.15, 0.2) is 11.6 Å². The topological polar surface area (TPSA) is 22.1 Å². The minimum Gasteiger partial charge on any atom is -0.484 e. The van der Waals surface area contributed by atoms with Crippen molar-refractivity contribution >= 4 is 27.3 Å². The summed E-state index contributed by atoms with van der Waals surface area (Å²) in [5.74, 6) is -1.70. The third kappa shape index (κ3) is 3.51. The molecule has 0 aliphatic rings. The molecule has 2 rings (SSSR count). The highest BCUT2D eigenvalue weighted by molar-refractivity contribution is 9.10. The molecule has 2 aromatic rings. The molecule has 0 fully saturated rings. The minimum absolute atomic E-state index is 0.119. The van der Waals surface area contributed by atoms with Gasteiger partial charge >= 0.3 is 0 Å². The highest BCUT2D eigenvalue weighted by atomic mass is 79.9. The zero-order valence-corrected chi connectivity index (χ0v) is 12.8. The number of hydrogen-bond acceptors (Lipinski definition) is 3. The minimum atomic E-state index is -0.984. The van der Waals surface area contributed by atoms with Crippen LogP contribution >= 0.6 is 27.3 Å². The first-order valence-electron chi connectivity index (χ1n) is 5.69. The van der Waals surface area contributed by atoms with Crippen molar-refractivity contribution in [1.82, 2.24) is 4.98 Å². The van der Waals surface area contributed by atoms with Crippen molar-refractivity contribution in [1.29, 1.82) is 0 Å². The summed E-state index contributed by atoms with van der Waals surface area (Å²) in [6.45, 7) is 4.22. The number of thiazole rings is 1. The molecule has 0 atom stereocenters. The van der Waals surface area contributed by atoms with Crippen LogP contribution in [-0.2, 0) is 6.61 Å². The van der Waals surface area contributed by atoms with E-state index in [4.69, 9.17) is 4.74 Å². The molecule has 0 spiro atoms. The lowest BCUT2D eigenvalue weighted by Gasteiger charge is -2.07. The Balaban J connectivity index is 2.10. The maximum Gasteiger partial charge on any atom is 0.200 e. The van der Waals surface area contributed by atoms with Crippen LogP contribution in [0.2, 0.25) is 0 Å². The molecule has 6 heteroatoms. The summed E-state index contributed by atoms with van der Waals surface area (Å²) < 4.78 is 32.4. The SMILES string of the molecule is CC(C)c1nc(COc2cc(Br)cc(F)c2F)cs1. The Kier molecular flexibility index (Phi) is 4.52. The fourth-order valence-corrected chi connectivity index (χ4v) is 2.67. The van der Waals surface area contributed by atoms with Gasteiger partial charge in [-0.15, -0.1) is 11.3 Å². The second kappa shape index (κ2) is 5.96. The van der Waals surface area contributed by atoms with Crippen LogP contribution in [0.25, 0.3) is 0 Å². The summed E-state index contributed by atoms with van der Waals surface area (Å²) in [6, 6.07) is 2.45. The van der Waals surface area contributed by atoms with E-state index < -0.39 is 11.6 Å². The van der Waals surface area contributed by atoms with Gasteiger partial charge in [-0.1, -0.05) is 29.8 Å². The fraction of sp³-hybridized carbons (Fsp3) is 0.308. The number of rotatable bonds is 4. The molecular weight excluding hydrogens is 336 g/mol. The first kappa shape index (κ1) is 14.4. The van der Waals surface area contributed by atoms with Gasteiger partial charge in [-0.3, -0.25) is 0 Å². The summed E-state index contributed by atoms with van der Waals surface area (Å²) in [5.41, 5.74) is 0.716. The van der Waals surface area contributed by atoms with Gasteiger partial charge in [0.25, 0.3) is 0 Å². The van der Waals surface area contributed by atoms with Crippen LogP contribution in [0.5, 0.6) is 5.75 Å². The molecule has 1 heterocycles. The normalized spacial score (nSPS) is 11.1. The second-order valence-electron chi connectivity index (χ2n) is 4.32. The highest BCUT2D eigenvalue weighted by Gasteiger charge is 2.12. The van der Waals surface area contributed by atoms with Crippen molar-refractivity contribution in [3.8, 4) is 5.75 Å². The molecule has 0 amide bonds. The average Bonchev–Trinajstić information content (AvgIpc) is 2.81. The second-order valence-corrected chi connectivity index (χ2v) is 6.13. The Labute approximate surface area is 122 Å². The van der Waals surface area contributed by atoms with Crippen molar-refractivity contribution in [3.63, 3.8) is 0 Å². The van der Waals surface area contributed by atoms with Gasteiger partial charge in [0.1, 0.15) is 6.61 Å². The molecule has 0 aliphatic carbocycles. The van der Waals surface area contributed by atoms with E-state index in [2.05, 4.69) is 20.9 Å². The van der Waals surface area contributed by atoms with Crippen molar-refractivity contribution in [3.05, 3.63) is 44.3 Å². The largest absolute Gasteiger partial charge is 0.484 e. The van der Waals surface area contributed by atoms with Gasteiger partial charge < -0.3 is 4.74 Å². The quantitative estimate of drug-likeness (QED) is 0.735. The maximum absolute atomic E-state index is 13.5. The molecule has 19 heavy (non-hydrogen) atoms. The van der Waals surface area contributed by atoms with Gasteiger partial charge in [-0.2, -0.15) is 4.39 Å². The summed E-state index contributed by atoms with van der Waals surface area (Å²) >= 11 is 4.63. The smallest absolute Gasteiger partial charge is 0.200 e. The zero-order chi connectivity index (χ0) is 14.0.